The second-order valence-corrected chi connectivity index (χ2v) is 18.7. The highest BCUT2D eigenvalue weighted by Crippen LogP contribution is 2.34. The first-order chi connectivity index (χ1) is 34.9. The molecule has 0 aromatic heterocycles. The highest BCUT2D eigenvalue weighted by molar-refractivity contribution is 6.05. The Balaban J connectivity index is 0.923. The topological polar surface area (TPSA) is 254 Å². The molecule has 20 heteroatoms. The maximum Gasteiger partial charge on any atom is 0.255 e. The Morgan fingerprint density at radius 3 is 0.639 bits per heavy atom. The van der Waals surface area contributed by atoms with Crippen molar-refractivity contribution >= 4 is 35.4 Å². The van der Waals surface area contributed by atoms with Crippen LogP contribution in [0, 0.1) is 0 Å². The molecule has 0 radical (unpaired) electrons. The third-order valence-electron chi connectivity index (χ3n) is 14.2. The van der Waals surface area contributed by atoms with Gasteiger partial charge >= 0.3 is 0 Å². The molecular formula is C52H70N8O12. The highest BCUT2D eigenvalue weighted by atomic mass is 16.5. The molecule has 20 nitrogen and oxygen atoms in total. The number of carbonyl (C=O) groups is 6. The van der Waals surface area contributed by atoms with E-state index in [1.165, 1.54) is 66.9 Å². The molecule has 72 heavy (non-hydrogen) atoms. The summed E-state index contributed by atoms with van der Waals surface area (Å²) in [4.78, 5) is 82.0. The second kappa shape index (κ2) is 25.0. The van der Waals surface area contributed by atoms with Crippen LogP contribution >= 0.6 is 0 Å². The fourth-order valence-corrected chi connectivity index (χ4v) is 10.0. The SMILES string of the molecule is COc1cc(OC)c(C(=O)N[C@H]2CC[C@@H](NC(=O)c3cc(C(=O)N[C@H]4CC[C@@H](NC(=O)c5cc(C(=O)NC6CCNCC6)c(OC)cc5OC)CC4)c(OC)cc3OC)CC2)cc1C(=O)NC1CCNCC1. The minimum Gasteiger partial charge on any atom is -0.496 e. The second-order valence-electron chi connectivity index (χ2n) is 18.7. The molecule has 7 rings (SSSR count). The van der Waals surface area contributed by atoms with Crippen LogP contribution in [-0.4, -0.2) is 141 Å². The third kappa shape index (κ3) is 13.0. The third-order valence-corrected chi connectivity index (χ3v) is 14.2. The fourth-order valence-electron chi connectivity index (χ4n) is 10.0. The first-order valence-corrected chi connectivity index (χ1v) is 24.9. The zero-order valence-corrected chi connectivity index (χ0v) is 42.1. The lowest BCUT2D eigenvalue weighted by Gasteiger charge is -2.30. The molecule has 2 aliphatic heterocycles. The van der Waals surface area contributed by atoms with E-state index >= 15 is 0 Å². The van der Waals surface area contributed by atoms with Gasteiger partial charge in [-0.1, -0.05) is 0 Å². The van der Waals surface area contributed by atoms with Crippen molar-refractivity contribution in [2.24, 2.45) is 0 Å². The van der Waals surface area contributed by atoms with E-state index in [4.69, 9.17) is 28.4 Å². The largest absolute Gasteiger partial charge is 0.496 e. The van der Waals surface area contributed by atoms with E-state index in [1.54, 1.807) is 12.1 Å². The maximum atomic E-state index is 13.9. The van der Waals surface area contributed by atoms with Gasteiger partial charge in [-0.3, -0.25) is 28.8 Å². The van der Waals surface area contributed by atoms with Crippen LogP contribution in [0.1, 0.15) is 139 Å². The average molecular weight is 999 g/mol. The molecule has 390 valence electrons. The summed E-state index contributed by atoms with van der Waals surface area (Å²) in [7, 11) is 8.72. The monoisotopic (exact) mass is 999 g/mol. The van der Waals surface area contributed by atoms with Crippen LogP contribution in [0.25, 0.3) is 0 Å². The van der Waals surface area contributed by atoms with Crippen LogP contribution in [0.4, 0.5) is 0 Å². The summed E-state index contributed by atoms with van der Waals surface area (Å²) in [6.07, 6.45) is 7.78. The predicted octanol–water partition coefficient (Wildman–Crippen LogP) is 3.64. The van der Waals surface area contributed by atoms with Gasteiger partial charge in [0.1, 0.15) is 34.5 Å². The molecule has 0 bridgehead atoms. The number of methoxy groups -OCH3 is 6. The molecular weight excluding hydrogens is 929 g/mol. The summed E-state index contributed by atoms with van der Waals surface area (Å²) in [5.41, 5.74) is 1.24. The van der Waals surface area contributed by atoms with E-state index < -0.39 is 11.8 Å². The summed E-state index contributed by atoms with van der Waals surface area (Å²) in [6.45, 7) is 3.24. The minimum atomic E-state index is -0.423. The van der Waals surface area contributed by atoms with Crippen molar-refractivity contribution in [2.75, 3.05) is 68.8 Å². The Bertz CT molecular complexity index is 2280. The molecule has 3 aromatic rings. The van der Waals surface area contributed by atoms with Gasteiger partial charge in [0.2, 0.25) is 0 Å². The van der Waals surface area contributed by atoms with E-state index in [0.717, 1.165) is 51.9 Å². The molecule has 0 unspecified atom stereocenters. The number of hydrogen-bond donors (Lipinski definition) is 8. The van der Waals surface area contributed by atoms with Crippen LogP contribution in [0.5, 0.6) is 34.5 Å². The minimum absolute atomic E-state index is 0.0132. The van der Waals surface area contributed by atoms with Crippen molar-refractivity contribution in [3.63, 3.8) is 0 Å². The Hall–Kier alpha value is -6.80. The summed E-state index contributed by atoms with van der Waals surface area (Å²) in [5, 5.41) is 25.1. The molecule has 4 aliphatic rings. The van der Waals surface area contributed by atoms with Gasteiger partial charge in [-0.15, -0.1) is 0 Å². The number of amides is 6. The predicted molar refractivity (Wildman–Crippen MR) is 267 cm³/mol. The van der Waals surface area contributed by atoms with Gasteiger partial charge in [-0.25, -0.2) is 0 Å². The summed E-state index contributed by atoms with van der Waals surface area (Å²) < 4.78 is 33.3. The van der Waals surface area contributed by atoms with Gasteiger partial charge < -0.3 is 71.0 Å². The van der Waals surface area contributed by atoms with Crippen molar-refractivity contribution in [3.05, 3.63) is 69.8 Å². The number of carbonyl (C=O) groups excluding carboxylic acids is 6. The maximum absolute atomic E-state index is 13.9. The molecule has 0 spiro atoms. The highest BCUT2D eigenvalue weighted by Gasteiger charge is 2.32. The van der Waals surface area contributed by atoms with Crippen molar-refractivity contribution < 1.29 is 57.2 Å². The van der Waals surface area contributed by atoms with Gasteiger partial charge in [-0.2, -0.15) is 0 Å². The quantitative estimate of drug-likeness (QED) is 0.0907. The van der Waals surface area contributed by atoms with E-state index in [0.29, 0.717) is 62.9 Å². The van der Waals surface area contributed by atoms with E-state index in [1.807, 2.05) is 0 Å². The molecule has 8 N–H and O–H groups in total. The number of ether oxygens (including phenoxy) is 6. The fraction of sp³-hybridized carbons (Fsp3) is 0.538. The first kappa shape index (κ1) is 53.0. The van der Waals surface area contributed by atoms with Gasteiger partial charge in [0.05, 0.1) is 76.0 Å². The van der Waals surface area contributed by atoms with Crippen LogP contribution < -0.4 is 71.0 Å². The summed E-state index contributed by atoms with van der Waals surface area (Å²) >= 11 is 0. The average Bonchev–Trinajstić information content (AvgIpc) is 3.41. The molecule has 6 amide bonds. The van der Waals surface area contributed by atoms with Crippen LogP contribution in [-0.2, 0) is 0 Å². The summed E-state index contributed by atoms with van der Waals surface area (Å²) in [6, 6.07) is 8.31. The van der Waals surface area contributed by atoms with E-state index in [-0.39, 0.29) is 116 Å². The Labute approximate surface area is 420 Å². The smallest absolute Gasteiger partial charge is 0.255 e. The van der Waals surface area contributed by atoms with Crippen LogP contribution in [0.2, 0.25) is 0 Å². The van der Waals surface area contributed by atoms with Crippen LogP contribution in [0.15, 0.2) is 36.4 Å². The van der Waals surface area contributed by atoms with Gasteiger partial charge in [0, 0.05) is 54.5 Å². The number of benzene rings is 3. The molecule has 0 atom stereocenters. The van der Waals surface area contributed by atoms with E-state index in [9.17, 15) is 28.8 Å². The Morgan fingerprint density at radius 2 is 0.472 bits per heavy atom. The first-order valence-electron chi connectivity index (χ1n) is 24.9. The zero-order valence-electron chi connectivity index (χ0n) is 42.1. The number of piperidine rings is 2. The van der Waals surface area contributed by atoms with Gasteiger partial charge in [0.25, 0.3) is 35.4 Å². The van der Waals surface area contributed by atoms with Crippen molar-refractivity contribution in [2.45, 2.75) is 113 Å². The van der Waals surface area contributed by atoms with Crippen LogP contribution in [0.3, 0.4) is 0 Å². The number of rotatable bonds is 18. The molecule has 2 aliphatic carbocycles. The molecule has 2 saturated heterocycles. The molecule has 2 heterocycles. The number of hydrogen-bond acceptors (Lipinski definition) is 14. The van der Waals surface area contributed by atoms with Crippen molar-refractivity contribution in [1.29, 1.82) is 0 Å². The van der Waals surface area contributed by atoms with Gasteiger partial charge in [-0.05, 0) is 121 Å². The summed E-state index contributed by atoms with van der Waals surface area (Å²) in [5.74, 6) is -0.647. The Morgan fingerprint density at radius 1 is 0.306 bits per heavy atom. The van der Waals surface area contributed by atoms with E-state index in [2.05, 4.69) is 42.5 Å². The standard InChI is InChI=1S/C52H70N8O12/c1-67-41-26-42(68-2)36(48(62)56-30-9-13-32(14-10-30)58-50(64)38-25-40(46(72-6)28-44(38)70-4)52(66)60-34-17-21-54-22-18-34)23-35(41)47(61)55-29-7-11-31(12-8-29)57-49(63)37-24-39(45(71-5)27-43(37)69-3)51(65)59-33-15-19-53-20-16-33/h23-34,53-54H,7-22H2,1-6H3,(H,55,61)(H,56,62)(H,57,63)(H,58,64)(H,59,65)(H,60,66)/t29-,30-,31+,32+. The van der Waals surface area contributed by atoms with Crippen molar-refractivity contribution in [3.8, 4) is 34.5 Å². The zero-order chi connectivity index (χ0) is 51.3. The lowest BCUT2D eigenvalue weighted by Crippen LogP contribution is -2.44. The Kier molecular flexibility index (Phi) is 18.4. The lowest BCUT2D eigenvalue weighted by molar-refractivity contribution is 0.0883. The number of nitrogens with one attached hydrogen (secondary N) is 8. The lowest BCUT2D eigenvalue weighted by atomic mass is 9.90. The van der Waals surface area contributed by atoms with Gasteiger partial charge in [0.15, 0.2) is 0 Å². The normalized spacial score (nSPS) is 20.4. The van der Waals surface area contributed by atoms with Crippen molar-refractivity contribution in [1.82, 2.24) is 42.5 Å². The molecule has 3 aromatic carbocycles. The molecule has 2 saturated carbocycles. The molecule has 4 fully saturated rings.